The SMILES string of the molecule is CCCNc1ncc(Br)c(N(CC(F)(F)F)C(C)C)n1. The van der Waals surface area contributed by atoms with E-state index in [0.717, 1.165) is 6.42 Å². The predicted molar refractivity (Wildman–Crippen MR) is 77.0 cm³/mol. The van der Waals surface area contributed by atoms with E-state index in [0.29, 0.717) is 17.0 Å². The molecule has 0 aliphatic rings. The highest BCUT2D eigenvalue weighted by molar-refractivity contribution is 9.10. The molecule has 1 rings (SSSR count). The summed E-state index contributed by atoms with van der Waals surface area (Å²) in [6, 6.07) is -0.332. The molecule has 1 N–H and O–H groups in total. The topological polar surface area (TPSA) is 41.1 Å². The van der Waals surface area contributed by atoms with Crippen molar-refractivity contribution >= 4 is 27.7 Å². The van der Waals surface area contributed by atoms with Crippen molar-refractivity contribution < 1.29 is 13.2 Å². The number of nitrogens with zero attached hydrogens (tertiary/aromatic N) is 3. The summed E-state index contributed by atoms with van der Waals surface area (Å²) >= 11 is 3.21. The Balaban J connectivity index is 3.05. The molecule has 0 aliphatic carbocycles. The van der Waals surface area contributed by atoms with Gasteiger partial charge in [0.05, 0.1) is 4.47 Å². The maximum atomic E-state index is 12.7. The Bertz CT molecular complexity index is 437. The van der Waals surface area contributed by atoms with E-state index >= 15 is 0 Å². The molecule has 8 heteroatoms. The number of halogens is 4. The smallest absolute Gasteiger partial charge is 0.354 e. The maximum absolute atomic E-state index is 12.7. The molecule has 0 saturated heterocycles. The number of hydrogen-bond acceptors (Lipinski definition) is 4. The Hall–Kier alpha value is -1.05. The zero-order valence-corrected chi connectivity index (χ0v) is 13.2. The molecule has 0 unspecified atom stereocenters. The van der Waals surface area contributed by atoms with Crippen LogP contribution in [-0.2, 0) is 0 Å². The fourth-order valence-corrected chi connectivity index (χ4v) is 2.00. The van der Waals surface area contributed by atoms with Gasteiger partial charge in [-0.2, -0.15) is 18.2 Å². The van der Waals surface area contributed by atoms with E-state index in [1.54, 1.807) is 13.8 Å². The van der Waals surface area contributed by atoms with Gasteiger partial charge in [0, 0.05) is 18.8 Å². The van der Waals surface area contributed by atoms with Crippen molar-refractivity contribution in [2.45, 2.75) is 39.4 Å². The van der Waals surface area contributed by atoms with Gasteiger partial charge in [-0.1, -0.05) is 6.92 Å². The van der Waals surface area contributed by atoms with Gasteiger partial charge in [0.2, 0.25) is 5.95 Å². The molecule has 0 atom stereocenters. The van der Waals surface area contributed by atoms with Crippen LogP contribution >= 0.6 is 15.9 Å². The lowest BCUT2D eigenvalue weighted by Gasteiger charge is -2.29. The van der Waals surface area contributed by atoms with Crippen LogP contribution in [-0.4, -0.2) is 35.3 Å². The second-order valence-corrected chi connectivity index (χ2v) is 5.48. The van der Waals surface area contributed by atoms with Crippen LogP contribution < -0.4 is 10.2 Å². The highest BCUT2D eigenvalue weighted by Gasteiger charge is 2.33. The summed E-state index contributed by atoms with van der Waals surface area (Å²) in [7, 11) is 0. The molecule has 0 saturated carbocycles. The molecule has 20 heavy (non-hydrogen) atoms. The number of anilines is 2. The van der Waals surface area contributed by atoms with Crippen molar-refractivity contribution in [3.8, 4) is 0 Å². The third kappa shape index (κ3) is 5.15. The normalized spacial score (nSPS) is 11.8. The standard InChI is InChI=1S/C12H18BrF3N4/c1-4-5-17-11-18-6-9(13)10(19-11)20(8(2)3)7-12(14,15)16/h6,8H,4-5,7H2,1-3H3,(H,17,18,19). The van der Waals surface area contributed by atoms with Gasteiger partial charge >= 0.3 is 6.18 Å². The van der Waals surface area contributed by atoms with E-state index < -0.39 is 12.7 Å². The van der Waals surface area contributed by atoms with Gasteiger partial charge in [0.1, 0.15) is 12.4 Å². The number of aromatic nitrogens is 2. The van der Waals surface area contributed by atoms with Crippen LogP contribution in [0.2, 0.25) is 0 Å². The molecule has 4 nitrogen and oxygen atoms in total. The van der Waals surface area contributed by atoms with Gasteiger partial charge in [-0.3, -0.25) is 0 Å². The van der Waals surface area contributed by atoms with Crippen LogP contribution in [0.25, 0.3) is 0 Å². The molecule has 1 heterocycles. The largest absolute Gasteiger partial charge is 0.405 e. The Labute approximate surface area is 124 Å². The van der Waals surface area contributed by atoms with E-state index in [1.165, 1.54) is 11.1 Å². The molecular formula is C12H18BrF3N4. The van der Waals surface area contributed by atoms with E-state index in [9.17, 15) is 13.2 Å². The van der Waals surface area contributed by atoms with E-state index in [1.807, 2.05) is 6.92 Å². The van der Waals surface area contributed by atoms with Gasteiger partial charge in [-0.15, -0.1) is 0 Å². The van der Waals surface area contributed by atoms with Crippen molar-refractivity contribution in [3.63, 3.8) is 0 Å². The molecule has 1 aromatic rings. The molecule has 0 amide bonds. The second kappa shape index (κ2) is 7.10. The van der Waals surface area contributed by atoms with Crippen molar-refractivity contribution in [1.29, 1.82) is 0 Å². The monoisotopic (exact) mass is 354 g/mol. The van der Waals surface area contributed by atoms with E-state index in [-0.39, 0.29) is 11.9 Å². The fourth-order valence-electron chi connectivity index (χ4n) is 1.58. The third-order valence-electron chi connectivity index (χ3n) is 2.50. The predicted octanol–water partition coefficient (Wildman–Crippen LogP) is 3.84. The first kappa shape index (κ1) is 17.0. The second-order valence-electron chi connectivity index (χ2n) is 4.63. The quantitative estimate of drug-likeness (QED) is 0.842. The first-order chi connectivity index (χ1) is 9.24. The van der Waals surface area contributed by atoms with Crippen LogP contribution in [0.5, 0.6) is 0 Å². The number of alkyl halides is 3. The zero-order chi connectivity index (χ0) is 15.3. The first-order valence-electron chi connectivity index (χ1n) is 6.34. The zero-order valence-electron chi connectivity index (χ0n) is 11.6. The average molecular weight is 355 g/mol. The van der Waals surface area contributed by atoms with E-state index in [2.05, 4.69) is 31.2 Å². The molecule has 0 bridgehead atoms. The number of rotatable bonds is 6. The maximum Gasteiger partial charge on any atom is 0.405 e. The highest BCUT2D eigenvalue weighted by atomic mass is 79.9. The summed E-state index contributed by atoms with van der Waals surface area (Å²) in [6.45, 7) is 4.99. The Morgan fingerprint density at radius 2 is 2.05 bits per heavy atom. The summed E-state index contributed by atoms with van der Waals surface area (Å²) in [5.41, 5.74) is 0. The third-order valence-corrected chi connectivity index (χ3v) is 3.06. The van der Waals surface area contributed by atoms with Crippen LogP contribution in [0.3, 0.4) is 0 Å². The molecule has 0 aliphatic heterocycles. The van der Waals surface area contributed by atoms with Crippen molar-refractivity contribution in [2.24, 2.45) is 0 Å². The minimum absolute atomic E-state index is 0.242. The van der Waals surface area contributed by atoms with Crippen LogP contribution in [0.4, 0.5) is 24.9 Å². The molecular weight excluding hydrogens is 337 g/mol. The molecule has 0 fully saturated rings. The summed E-state index contributed by atoms with van der Waals surface area (Å²) in [4.78, 5) is 9.41. The van der Waals surface area contributed by atoms with Crippen LogP contribution in [0.1, 0.15) is 27.2 Å². The van der Waals surface area contributed by atoms with Crippen LogP contribution in [0.15, 0.2) is 10.7 Å². The lowest BCUT2D eigenvalue weighted by atomic mass is 10.3. The lowest BCUT2D eigenvalue weighted by Crippen LogP contribution is -2.40. The van der Waals surface area contributed by atoms with Gasteiger partial charge in [0.25, 0.3) is 0 Å². The average Bonchev–Trinajstić information content (AvgIpc) is 2.34. The molecule has 114 valence electrons. The minimum atomic E-state index is -4.29. The number of hydrogen-bond donors (Lipinski definition) is 1. The minimum Gasteiger partial charge on any atom is -0.354 e. The van der Waals surface area contributed by atoms with Gasteiger partial charge in [-0.25, -0.2) is 4.98 Å². The van der Waals surface area contributed by atoms with E-state index in [4.69, 9.17) is 0 Å². The van der Waals surface area contributed by atoms with Crippen molar-refractivity contribution in [1.82, 2.24) is 9.97 Å². The molecule has 1 aromatic heterocycles. The summed E-state index contributed by atoms with van der Waals surface area (Å²) < 4.78 is 38.5. The van der Waals surface area contributed by atoms with Gasteiger partial charge in [-0.05, 0) is 36.2 Å². The summed E-state index contributed by atoms with van der Waals surface area (Å²) in [6.07, 6.45) is -1.94. The number of nitrogens with one attached hydrogen (secondary N) is 1. The van der Waals surface area contributed by atoms with Gasteiger partial charge in [0.15, 0.2) is 0 Å². The van der Waals surface area contributed by atoms with Crippen molar-refractivity contribution in [2.75, 3.05) is 23.3 Å². The summed E-state index contributed by atoms with van der Waals surface area (Å²) in [5, 5.41) is 2.97. The Morgan fingerprint density at radius 1 is 1.40 bits per heavy atom. The highest BCUT2D eigenvalue weighted by Crippen LogP contribution is 2.29. The van der Waals surface area contributed by atoms with Crippen molar-refractivity contribution in [3.05, 3.63) is 10.7 Å². The first-order valence-corrected chi connectivity index (χ1v) is 7.13. The Morgan fingerprint density at radius 3 is 2.55 bits per heavy atom. The van der Waals surface area contributed by atoms with Crippen LogP contribution in [0, 0.1) is 0 Å². The van der Waals surface area contributed by atoms with Gasteiger partial charge < -0.3 is 10.2 Å². The molecule has 0 spiro atoms. The molecule has 0 aromatic carbocycles. The summed E-state index contributed by atoms with van der Waals surface area (Å²) in [5.74, 6) is 0.573. The lowest BCUT2D eigenvalue weighted by molar-refractivity contribution is -0.120. The fraction of sp³-hybridized carbons (Fsp3) is 0.667. The molecule has 0 radical (unpaired) electrons. The Kier molecular flexibility index (Phi) is 6.04.